The van der Waals surface area contributed by atoms with Crippen LogP contribution in [0, 0.1) is 20.8 Å². The molecule has 0 saturated carbocycles. The molecule has 0 atom stereocenters. The number of aromatic nitrogens is 2. The third-order valence-electron chi connectivity index (χ3n) is 3.33. The van der Waals surface area contributed by atoms with Crippen molar-refractivity contribution in [1.29, 1.82) is 0 Å². The number of imidazole rings is 1. The van der Waals surface area contributed by atoms with Crippen molar-refractivity contribution in [3.05, 3.63) is 35.0 Å². The summed E-state index contributed by atoms with van der Waals surface area (Å²) in [6.07, 6.45) is 1.92. The lowest BCUT2D eigenvalue weighted by molar-refractivity contribution is 0.926. The minimum Gasteiger partial charge on any atom is -0.359 e. The van der Waals surface area contributed by atoms with Crippen molar-refractivity contribution >= 4 is 5.95 Å². The van der Waals surface area contributed by atoms with E-state index in [1.807, 2.05) is 20.3 Å². The lowest BCUT2D eigenvalue weighted by Gasteiger charge is -2.11. The summed E-state index contributed by atoms with van der Waals surface area (Å²) in [5, 5.41) is 3.08. The van der Waals surface area contributed by atoms with Crippen LogP contribution < -0.4 is 5.32 Å². The van der Waals surface area contributed by atoms with E-state index in [0.29, 0.717) is 0 Å². The average Bonchev–Trinajstić information content (AvgIpc) is 2.65. The summed E-state index contributed by atoms with van der Waals surface area (Å²) >= 11 is 0. The van der Waals surface area contributed by atoms with Crippen LogP contribution in [0.3, 0.4) is 0 Å². The van der Waals surface area contributed by atoms with E-state index in [9.17, 15) is 0 Å². The zero-order valence-electron chi connectivity index (χ0n) is 11.1. The Bertz CT molecular complexity index is 553. The normalized spacial score (nSPS) is 10.6. The van der Waals surface area contributed by atoms with Crippen LogP contribution in [0.1, 0.15) is 16.7 Å². The van der Waals surface area contributed by atoms with Crippen molar-refractivity contribution in [2.75, 3.05) is 12.4 Å². The highest BCUT2D eigenvalue weighted by atomic mass is 15.2. The van der Waals surface area contributed by atoms with Gasteiger partial charge in [-0.1, -0.05) is 6.07 Å². The number of nitrogens with zero attached hydrogens (tertiary/aromatic N) is 2. The van der Waals surface area contributed by atoms with Crippen molar-refractivity contribution < 1.29 is 0 Å². The van der Waals surface area contributed by atoms with Gasteiger partial charge in [-0.15, -0.1) is 0 Å². The van der Waals surface area contributed by atoms with Gasteiger partial charge in [0.1, 0.15) is 0 Å². The Morgan fingerprint density at radius 1 is 1.06 bits per heavy atom. The summed E-state index contributed by atoms with van der Waals surface area (Å²) in [6, 6.07) is 4.47. The fraction of sp³-hybridized carbons (Fsp3) is 0.357. The molecule has 0 saturated heterocycles. The highest BCUT2D eigenvalue weighted by Gasteiger charge is 2.10. The summed E-state index contributed by atoms with van der Waals surface area (Å²) in [7, 11) is 3.92. The van der Waals surface area contributed by atoms with Crippen LogP contribution in [-0.2, 0) is 7.05 Å². The van der Waals surface area contributed by atoms with E-state index >= 15 is 0 Å². The second-order valence-corrected chi connectivity index (χ2v) is 4.53. The highest BCUT2D eigenvalue weighted by molar-refractivity contribution is 5.67. The number of rotatable bonds is 2. The molecule has 1 N–H and O–H groups in total. The quantitative estimate of drug-likeness (QED) is 0.857. The molecule has 1 aromatic heterocycles. The lowest BCUT2D eigenvalue weighted by atomic mass is 9.99. The maximum Gasteiger partial charge on any atom is 0.202 e. The molecule has 2 aromatic rings. The maximum atomic E-state index is 4.36. The maximum absolute atomic E-state index is 4.36. The first-order valence-corrected chi connectivity index (χ1v) is 5.82. The molecule has 0 fully saturated rings. The molecular weight excluding hydrogens is 210 g/mol. The van der Waals surface area contributed by atoms with Crippen molar-refractivity contribution in [2.45, 2.75) is 20.8 Å². The molecule has 2 rings (SSSR count). The van der Waals surface area contributed by atoms with Crippen LogP contribution in [0.15, 0.2) is 18.3 Å². The summed E-state index contributed by atoms with van der Waals surface area (Å²) in [5.74, 6) is 0.887. The Morgan fingerprint density at radius 2 is 1.71 bits per heavy atom. The molecule has 0 amide bonds. The molecular formula is C14H19N3. The predicted molar refractivity (Wildman–Crippen MR) is 72.4 cm³/mol. The molecule has 0 aliphatic carbocycles. The van der Waals surface area contributed by atoms with Crippen LogP contribution >= 0.6 is 0 Å². The van der Waals surface area contributed by atoms with Crippen molar-refractivity contribution in [3.8, 4) is 11.3 Å². The number of benzene rings is 1. The molecule has 0 spiro atoms. The molecule has 3 heteroatoms. The van der Waals surface area contributed by atoms with Gasteiger partial charge in [-0.3, -0.25) is 0 Å². The third-order valence-corrected chi connectivity index (χ3v) is 3.33. The first-order valence-electron chi connectivity index (χ1n) is 5.82. The van der Waals surface area contributed by atoms with E-state index in [1.165, 1.54) is 22.3 Å². The zero-order valence-corrected chi connectivity index (χ0v) is 11.1. The Hall–Kier alpha value is -1.77. The number of aryl methyl sites for hydroxylation is 3. The number of anilines is 1. The van der Waals surface area contributed by atoms with Crippen LogP contribution in [0.2, 0.25) is 0 Å². The van der Waals surface area contributed by atoms with E-state index < -0.39 is 0 Å². The molecule has 1 aromatic carbocycles. The Kier molecular flexibility index (Phi) is 2.92. The van der Waals surface area contributed by atoms with Crippen LogP contribution in [0.5, 0.6) is 0 Å². The van der Waals surface area contributed by atoms with E-state index in [2.05, 4.69) is 47.8 Å². The lowest BCUT2D eigenvalue weighted by Crippen LogP contribution is -2.00. The average molecular weight is 229 g/mol. The van der Waals surface area contributed by atoms with Crippen molar-refractivity contribution in [2.24, 2.45) is 7.05 Å². The summed E-state index contributed by atoms with van der Waals surface area (Å²) in [5.41, 5.74) is 6.35. The van der Waals surface area contributed by atoms with E-state index in [1.54, 1.807) is 0 Å². The van der Waals surface area contributed by atoms with Crippen molar-refractivity contribution in [1.82, 2.24) is 9.55 Å². The minimum atomic E-state index is 0.887. The molecule has 1 heterocycles. The molecule has 0 aliphatic heterocycles. The largest absolute Gasteiger partial charge is 0.359 e. The predicted octanol–water partition coefficient (Wildman–Crippen LogP) is 3.05. The smallest absolute Gasteiger partial charge is 0.202 e. The van der Waals surface area contributed by atoms with Gasteiger partial charge in [-0.2, -0.15) is 0 Å². The fourth-order valence-corrected chi connectivity index (χ4v) is 2.13. The molecule has 90 valence electrons. The van der Waals surface area contributed by atoms with Gasteiger partial charge in [0.2, 0.25) is 5.95 Å². The minimum absolute atomic E-state index is 0.887. The van der Waals surface area contributed by atoms with E-state index in [-0.39, 0.29) is 0 Å². The molecule has 0 aliphatic rings. The number of nitrogens with one attached hydrogen (secondary N) is 1. The van der Waals surface area contributed by atoms with E-state index in [0.717, 1.165) is 11.6 Å². The van der Waals surface area contributed by atoms with Crippen LogP contribution in [-0.4, -0.2) is 16.6 Å². The third kappa shape index (κ3) is 1.93. The first kappa shape index (κ1) is 11.7. The molecule has 3 nitrogen and oxygen atoms in total. The van der Waals surface area contributed by atoms with E-state index in [4.69, 9.17) is 0 Å². The SMILES string of the molecule is CNc1ncc(-c2cc(C)c(C)cc2C)n1C. The molecule has 0 radical (unpaired) electrons. The second-order valence-electron chi connectivity index (χ2n) is 4.53. The molecule has 0 bridgehead atoms. The fourth-order valence-electron chi connectivity index (χ4n) is 2.13. The van der Waals surface area contributed by atoms with Gasteiger partial charge in [0.25, 0.3) is 0 Å². The van der Waals surface area contributed by atoms with Crippen molar-refractivity contribution in [3.63, 3.8) is 0 Å². The summed E-state index contributed by atoms with van der Waals surface area (Å²) in [6.45, 7) is 6.44. The topological polar surface area (TPSA) is 29.9 Å². The molecule has 17 heavy (non-hydrogen) atoms. The van der Waals surface area contributed by atoms with Gasteiger partial charge in [0.15, 0.2) is 0 Å². The van der Waals surface area contributed by atoms with Gasteiger partial charge >= 0.3 is 0 Å². The van der Waals surface area contributed by atoms with Crippen LogP contribution in [0.25, 0.3) is 11.3 Å². The highest BCUT2D eigenvalue weighted by Crippen LogP contribution is 2.27. The number of hydrogen-bond acceptors (Lipinski definition) is 2. The Morgan fingerprint density at radius 3 is 2.29 bits per heavy atom. The van der Waals surface area contributed by atoms with Gasteiger partial charge in [0, 0.05) is 19.7 Å². The monoisotopic (exact) mass is 229 g/mol. The van der Waals surface area contributed by atoms with Gasteiger partial charge in [-0.25, -0.2) is 4.98 Å². The Labute approximate surface area is 103 Å². The van der Waals surface area contributed by atoms with Gasteiger partial charge in [-0.05, 0) is 43.5 Å². The first-order chi connectivity index (χ1) is 8.04. The second kappa shape index (κ2) is 4.24. The van der Waals surface area contributed by atoms with Gasteiger partial charge < -0.3 is 9.88 Å². The zero-order chi connectivity index (χ0) is 12.6. The Balaban J connectivity index is 2.60. The summed E-state index contributed by atoms with van der Waals surface area (Å²) in [4.78, 5) is 4.36. The molecule has 0 unspecified atom stereocenters. The summed E-state index contributed by atoms with van der Waals surface area (Å²) < 4.78 is 2.08. The number of hydrogen-bond donors (Lipinski definition) is 1. The van der Waals surface area contributed by atoms with Crippen LogP contribution in [0.4, 0.5) is 5.95 Å². The van der Waals surface area contributed by atoms with Gasteiger partial charge in [0.05, 0.1) is 11.9 Å². The standard InChI is InChI=1S/C14H19N3/c1-9-6-11(3)12(7-10(9)2)13-8-16-14(15-4)17(13)5/h6-8H,1-5H3,(H,15,16).